The molecule has 3 nitrogen and oxygen atoms in total. The molecular weight excluding hydrogens is 414 g/mol. The Hall–Kier alpha value is -3.36. The van der Waals surface area contributed by atoms with Crippen molar-refractivity contribution < 1.29 is 41.3 Å². The second kappa shape index (κ2) is 6.32. The SMILES string of the molecule is Oc1ccc2c(c1)C(c1cccc(C(F)(F)F)c1)(C(F)(F)F)c1cc(O)ccc1O2. The molecule has 9 heteroatoms. The first-order valence-electron chi connectivity index (χ1n) is 8.54. The van der Waals surface area contributed by atoms with Gasteiger partial charge in [0.1, 0.15) is 28.4 Å². The predicted octanol–water partition coefficient (Wildman–Crippen LogP) is 6.12. The van der Waals surface area contributed by atoms with E-state index in [4.69, 9.17) is 4.74 Å². The van der Waals surface area contributed by atoms with Crippen LogP contribution >= 0.6 is 0 Å². The number of benzene rings is 3. The minimum atomic E-state index is -5.16. The molecule has 4 rings (SSSR count). The molecule has 0 aromatic heterocycles. The molecule has 2 N–H and O–H groups in total. The number of hydrogen-bond acceptors (Lipinski definition) is 3. The zero-order chi connectivity index (χ0) is 21.9. The van der Waals surface area contributed by atoms with Crippen LogP contribution in [0.4, 0.5) is 26.3 Å². The van der Waals surface area contributed by atoms with E-state index in [9.17, 15) is 36.6 Å². The number of rotatable bonds is 1. The molecule has 1 heterocycles. The van der Waals surface area contributed by atoms with Crippen molar-refractivity contribution in [3.63, 3.8) is 0 Å². The normalized spacial score (nSPS) is 15.1. The molecule has 0 atom stereocenters. The summed E-state index contributed by atoms with van der Waals surface area (Å²) >= 11 is 0. The number of fused-ring (bicyclic) bond motifs is 2. The van der Waals surface area contributed by atoms with Gasteiger partial charge in [-0.1, -0.05) is 18.2 Å². The highest BCUT2D eigenvalue weighted by Crippen LogP contribution is 2.60. The third-order valence-electron chi connectivity index (χ3n) is 5.00. The molecule has 0 aliphatic carbocycles. The van der Waals surface area contributed by atoms with Crippen LogP contribution in [-0.2, 0) is 11.6 Å². The summed E-state index contributed by atoms with van der Waals surface area (Å²) in [6.07, 6.45) is -10.0. The third-order valence-corrected chi connectivity index (χ3v) is 5.00. The first kappa shape index (κ1) is 19.9. The maximum absolute atomic E-state index is 14.8. The van der Waals surface area contributed by atoms with E-state index in [1.165, 1.54) is 0 Å². The maximum atomic E-state index is 14.8. The van der Waals surface area contributed by atoms with Gasteiger partial charge in [-0.05, 0) is 48.0 Å². The summed E-state index contributed by atoms with van der Waals surface area (Å²) in [6.45, 7) is 0. The Kier molecular flexibility index (Phi) is 4.20. The highest BCUT2D eigenvalue weighted by Gasteiger charge is 2.62. The molecule has 0 amide bonds. The number of halogens is 6. The van der Waals surface area contributed by atoms with E-state index in [1.54, 1.807) is 0 Å². The zero-order valence-electron chi connectivity index (χ0n) is 14.8. The molecule has 156 valence electrons. The van der Waals surface area contributed by atoms with Crippen LogP contribution in [0.3, 0.4) is 0 Å². The van der Waals surface area contributed by atoms with E-state index in [0.29, 0.717) is 12.1 Å². The summed E-state index contributed by atoms with van der Waals surface area (Å²) in [4.78, 5) is 0. The van der Waals surface area contributed by atoms with E-state index in [1.807, 2.05) is 0 Å². The number of ether oxygens (including phenoxy) is 1. The van der Waals surface area contributed by atoms with Crippen LogP contribution in [0.25, 0.3) is 0 Å². The van der Waals surface area contributed by atoms with Gasteiger partial charge in [-0.3, -0.25) is 0 Å². The molecule has 0 saturated carbocycles. The number of phenolic OH excluding ortho intramolecular Hbond substituents is 2. The fraction of sp³-hybridized carbons (Fsp3) is 0.143. The summed E-state index contributed by atoms with van der Waals surface area (Å²) in [5.41, 5.74) is -6.31. The van der Waals surface area contributed by atoms with Crippen molar-refractivity contribution >= 4 is 0 Å². The van der Waals surface area contributed by atoms with Crippen LogP contribution < -0.4 is 4.74 Å². The van der Waals surface area contributed by atoms with Gasteiger partial charge >= 0.3 is 12.4 Å². The highest BCUT2D eigenvalue weighted by molar-refractivity contribution is 5.66. The molecule has 3 aromatic carbocycles. The minimum Gasteiger partial charge on any atom is -0.508 e. The second-order valence-electron chi connectivity index (χ2n) is 6.79. The van der Waals surface area contributed by atoms with Gasteiger partial charge in [-0.2, -0.15) is 26.3 Å². The Morgan fingerprint density at radius 1 is 0.700 bits per heavy atom. The molecule has 0 bridgehead atoms. The average Bonchev–Trinajstić information content (AvgIpc) is 2.65. The molecule has 0 spiro atoms. The summed E-state index contributed by atoms with van der Waals surface area (Å²) in [7, 11) is 0. The lowest BCUT2D eigenvalue weighted by molar-refractivity contribution is -0.168. The number of aromatic hydroxyl groups is 2. The molecule has 1 aliphatic heterocycles. The second-order valence-corrected chi connectivity index (χ2v) is 6.79. The number of phenols is 2. The van der Waals surface area contributed by atoms with Crippen molar-refractivity contribution in [3.8, 4) is 23.0 Å². The average molecular weight is 426 g/mol. The van der Waals surface area contributed by atoms with Gasteiger partial charge in [0.25, 0.3) is 0 Å². The topological polar surface area (TPSA) is 49.7 Å². The van der Waals surface area contributed by atoms with Gasteiger partial charge in [-0.15, -0.1) is 0 Å². The standard InChI is InChI=1S/C21H12F6O3/c22-20(23,24)12-3-1-2-11(8-12)19(21(25,26)27)15-9-13(28)4-6-17(15)30-18-7-5-14(29)10-16(18)19/h1-10,28-29H. The Morgan fingerprint density at radius 2 is 1.23 bits per heavy atom. The Labute approximate surface area is 165 Å². The molecule has 1 aliphatic rings. The lowest BCUT2D eigenvalue weighted by Gasteiger charge is -2.42. The summed E-state index contributed by atoms with van der Waals surface area (Å²) in [5.74, 6) is -1.61. The van der Waals surface area contributed by atoms with Crippen LogP contribution in [-0.4, -0.2) is 16.4 Å². The summed E-state index contributed by atoms with van der Waals surface area (Å²) in [5, 5.41) is 19.7. The Bertz CT molecular complexity index is 1080. The third kappa shape index (κ3) is 2.84. The van der Waals surface area contributed by atoms with Crippen LogP contribution in [0.1, 0.15) is 22.3 Å². The van der Waals surface area contributed by atoms with Crippen LogP contribution in [0, 0.1) is 0 Å². The van der Waals surface area contributed by atoms with E-state index in [-0.39, 0.29) is 11.5 Å². The first-order chi connectivity index (χ1) is 13.9. The molecule has 3 aromatic rings. The van der Waals surface area contributed by atoms with Crippen molar-refractivity contribution in [2.24, 2.45) is 0 Å². The monoisotopic (exact) mass is 426 g/mol. The number of hydrogen-bond donors (Lipinski definition) is 2. The van der Waals surface area contributed by atoms with Gasteiger partial charge in [0.15, 0.2) is 0 Å². The van der Waals surface area contributed by atoms with Crippen LogP contribution in [0.5, 0.6) is 23.0 Å². The fourth-order valence-electron chi connectivity index (χ4n) is 3.77. The van der Waals surface area contributed by atoms with Crippen LogP contribution in [0.2, 0.25) is 0 Å². The van der Waals surface area contributed by atoms with Crippen molar-refractivity contribution in [1.29, 1.82) is 0 Å². The van der Waals surface area contributed by atoms with Crippen molar-refractivity contribution in [2.75, 3.05) is 0 Å². The predicted molar refractivity (Wildman–Crippen MR) is 93.7 cm³/mol. The van der Waals surface area contributed by atoms with Gasteiger partial charge < -0.3 is 14.9 Å². The smallest absolute Gasteiger partial charge is 0.416 e. The maximum Gasteiger partial charge on any atom is 0.416 e. The molecule has 0 saturated heterocycles. The summed E-state index contributed by atoms with van der Waals surface area (Å²) < 4.78 is 89.9. The van der Waals surface area contributed by atoms with Gasteiger partial charge in [0.05, 0.1) is 5.56 Å². The van der Waals surface area contributed by atoms with Crippen molar-refractivity contribution in [1.82, 2.24) is 0 Å². The zero-order valence-corrected chi connectivity index (χ0v) is 14.8. The number of alkyl halides is 6. The minimum absolute atomic E-state index is 0.277. The van der Waals surface area contributed by atoms with E-state index in [2.05, 4.69) is 0 Å². The quantitative estimate of drug-likeness (QED) is 0.461. The van der Waals surface area contributed by atoms with Crippen molar-refractivity contribution in [2.45, 2.75) is 17.8 Å². The van der Waals surface area contributed by atoms with Gasteiger partial charge in [-0.25, -0.2) is 0 Å². The first-order valence-corrected chi connectivity index (χ1v) is 8.54. The van der Waals surface area contributed by atoms with Crippen molar-refractivity contribution in [3.05, 3.63) is 82.9 Å². The lowest BCUT2D eigenvalue weighted by atomic mass is 9.66. The van der Waals surface area contributed by atoms with E-state index in [0.717, 1.165) is 48.5 Å². The summed E-state index contributed by atoms with van der Waals surface area (Å²) in [6, 6.07) is 8.92. The highest BCUT2D eigenvalue weighted by atomic mass is 19.4. The Morgan fingerprint density at radius 3 is 1.70 bits per heavy atom. The molecule has 0 unspecified atom stereocenters. The lowest BCUT2D eigenvalue weighted by Crippen LogP contribution is -2.46. The molecule has 0 fully saturated rings. The largest absolute Gasteiger partial charge is 0.508 e. The fourth-order valence-corrected chi connectivity index (χ4v) is 3.77. The Balaban J connectivity index is 2.18. The van der Waals surface area contributed by atoms with E-state index >= 15 is 0 Å². The van der Waals surface area contributed by atoms with Gasteiger partial charge in [0.2, 0.25) is 0 Å². The molecule has 0 radical (unpaired) electrons. The van der Waals surface area contributed by atoms with Crippen LogP contribution in [0.15, 0.2) is 60.7 Å². The molecule has 30 heavy (non-hydrogen) atoms. The van der Waals surface area contributed by atoms with Gasteiger partial charge in [0, 0.05) is 11.1 Å². The van der Waals surface area contributed by atoms with E-state index < -0.39 is 51.5 Å². The molecular formula is C21H12F6O3.